The molecule has 1 unspecified atom stereocenters. The van der Waals surface area contributed by atoms with Crippen molar-refractivity contribution in [3.8, 4) is 0 Å². The number of rotatable bonds is 6. The molecule has 0 aromatic carbocycles. The second-order valence-corrected chi connectivity index (χ2v) is 6.57. The van der Waals surface area contributed by atoms with Crippen molar-refractivity contribution < 1.29 is 4.79 Å². The number of hydrogen-bond donors (Lipinski definition) is 2. The SMILES string of the molecule is CC(C)C[C@H](CN)CC(=O)NC1CCCSC1. The molecule has 0 aliphatic carbocycles. The molecule has 0 spiro atoms. The number of nitrogens with two attached hydrogens (primary N) is 1. The van der Waals surface area contributed by atoms with Gasteiger partial charge in [-0.2, -0.15) is 11.8 Å². The molecule has 2 atom stereocenters. The first kappa shape index (κ1) is 14.8. The van der Waals surface area contributed by atoms with Crippen LogP contribution in [-0.2, 0) is 4.79 Å². The van der Waals surface area contributed by atoms with E-state index in [1.54, 1.807) is 0 Å². The van der Waals surface area contributed by atoms with Gasteiger partial charge < -0.3 is 11.1 Å². The Kier molecular flexibility index (Phi) is 6.97. The number of amides is 1. The summed E-state index contributed by atoms with van der Waals surface area (Å²) in [5.74, 6) is 3.45. The second-order valence-electron chi connectivity index (χ2n) is 5.42. The lowest BCUT2D eigenvalue weighted by molar-refractivity contribution is -0.122. The van der Waals surface area contributed by atoms with Crippen LogP contribution in [0, 0.1) is 11.8 Å². The Morgan fingerprint density at radius 1 is 1.53 bits per heavy atom. The molecule has 3 nitrogen and oxygen atoms in total. The van der Waals surface area contributed by atoms with Crippen molar-refractivity contribution in [1.82, 2.24) is 5.32 Å². The lowest BCUT2D eigenvalue weighted by atomic mass is 9.94. The third-order valence-corrected chi connectivity index (χ3v) is 4.35. The van der Waals surface area contributed by atoms with Gasteiger partial charge in [-0.3, -0.25) is 4.79 Å². The molecule has 0 bridgehead atoms. The molecule has 0 saturated carbocycles. The van der Waals surface area contributed by atoms with Crippen molar-refractivity contribution in [3.63, 3.8) is 0 Å². The summed E-state index contributed by atoms with van der Waals surface area (Å²) in [6.07, 6.45) is 4.00. The van der Waals surface area contributed by atoms with Gasteiger partial charge in [0.25, 0.3) is 0 Å². The van der Waals surface area contributed by atoms with Gasteiger partial charge in [0.05, 0.1) is 0 Å². The molecule has 1 saturated heterocycles. The van der Waals surface area contributed by atoms with Gasteiger partial charge in [-0.15, -0.1) is 0 Å². The Hall–Kier alpha value is -0.220. The Balaban J connectivity index is 2.26. The van der Waals surface area contributed by atoms with E-state index in [1.807, 2.05) is 11.8 Å². The van der Waals surface area contributed by atoms with Gasteiger partial charge in [-0.05, 0) is 43.4 Å². The van der Waals surface area contributed by atoms with E-state index in [-0.39, 0.29) is 5.91 Å². The molecule has 4 heteroatoms. The highest BCUT2D eigenvalue weighted by Gasteiger charge is 2.19. The molecule has 1 rings (SSSR count). The van der Waals surface area contributed by atoms with Crippen LogP contribution in [0.4, 0.5) is 0 Å². The summed E-state index contributed by atoms with van der Waals surface area (Å²) in [5, 5.41) is 3.14. The van der Waals surface area contributed by atoms with Crippen LogP contribution in [0.3, 0.4) is 0 Å². The molecule has 0 aromatic heterocycles. The maximum Gasteiger partial charge on any atom is 0.220 e. The normalized spacial score (nSPS) is 22.5. The third-order valence-electron chi connectivity index (χ3n) is 3.14. The first-order valence-electron chi connectivity index (χ1n) is 6.69. The van der Waals surface area contributed by atoms with E-state index >= 15 is 0 Å². The highest BCUT2D eigenvalue weighted by atomic mass is 32.2. The first-order chi connectivity index (χ1) is 8.11. The van der Waals surface area contributed by atoms with Gasteiger partial charge in [0.1, 0.15) is 0 Å². The molecular weight excluding hydrogens is 232 g/mol. The van der Waals surface area contributed by atoms with Crippen LogP contribution in [0.5, 0.6) is 0 Å². The average molecular weight is 258 g/mol. The smallest absolute Gasteiger partial charge is 0.220 e. The number of carbonyl (C=O) groups is 1. The van der Waals surface area contributed by atoms with E-state index in [1.165, 1.54) is 12.2 Å². The van der Waals surface area contributed by atoms with E-state index in [2.05, 4.69) is 19.2 Å². The van der Waals surface area contributed by atoms with Crippen molar-refractivity contribution >= 4 is 17.7 Å². The molecule has 17 heavy (non-hydrogen) atoms. The van der Waals surface area contributed by atoms with Crippen LogP contribution in [0.15, 0.2) is 0 Å². The third kappa shape index (κ3) is 6.32. The standard InChI is InChI=1S/C13H26N2OS/c1-10(2)6-11(8-14)7-13(16)15-12-4-3-5-17-9-12/h10-12H,3-9,14H2,1-2H3,(H,15,16)/t11-,12?/m0/s1. The van der Waals surface area contributed by atoms with Gasteiger partial charge in [-0.1, -0.05) is 13.8 Å². The Bertz CT molecular complexity index is 227. The molecule has 1 fully saturated rings. The van der Waals surface area contributed by atoms with Gasteiger partial charge in [0.15, 0.2) is 0 Å². The quantitative estimate of drug-likeness (QED) is 0.766. The van der Waals surface area contributed by atoms with Crippen LogP contribution >= 0.6 is 11.8 Å². The fraction of sp³-hybridized carbons (Fsp3) is 0.923. The molecular formula is C13H26N2OS. The highest BCUT2D eigenvalue weighted by molar-refractivity contribution is 7.99. The monoisotopic (exact) mass is 258 g/mol. The van der Waals surface area contributed by atoms with E-state index in [0.717, 1.165) is 18.6 Å². The number of hydrogen-bond acceptors (Lipinski definition) is 3. The van der Waals surface area contributed by atoms with Crippen LogP contribution in [-0.4, -0.2) is 30.0 Å². The van der Waals surface area contributed by atoms with E-state index < -0.39 is 0 Å². The zero-order valence-electron chi connectivity index (χ0n) is 11.1. The molecule has 1 heterocycles. The van der Waals surface area contributed by atoms with Crippen molar-refractivity contribution in [2.45, 2.75) is 45.6 Å². The van der Waals surface area contributed by atoms with Gasteiger partial charge in [0, 0.05) is 18.2 Å². The molecule has 1 aliphatic heterocycles. The predicted molar refractivity (Wildman–Crippen MR) is 75.1 cm³/mol. The average Bonchev–Trinajstić information content (AvgIpc) is 2.28. The summed E-state index contributed by atoms with van der Waals surface area (Å²) < 4.78 is 0. The summed E-state index contributed by atoms with van der Waals surface area (Å²) in [4.78, 5) is 11.9. The summed E-state index contributed by atoms with van der Waals surface area (Å²) in [7, 11) is 0. The van der Waals surface area contributed by atoms with Gasteiger partial charge in [0.2, 0.25) is 5.91 Å². The Morgan fingerprint density at radius 2 is 2.29 bits per heavy atom. The second kappa shape index (κ2) is 7.98. The van der Waals surface area contributed by atoms with E-state index in [4.69, 9.17) is 5.73 Å². The van der Waals surface area contributed by atoms with E-state index in [0.29, 0.717) is 30.8 Å². The fourth-order valence-electron chi connectivity index (χ4n) is 2.33. The summed E-state index contributed by atoms with van der Waals surface area (Å²) in [5.41, 5.74) is 5.72. The van der Waals surface area contributed by atoms with Crippen molar-refractivity contribution in [2.75, 3.05) is 18.1 Å². The van der Waals surface area contributed by atoms with Crippen LogP contribution in [0.1, 0.15) is 39.5 Å². The zero-order valence-corrected chi connectivity index (χ0v) is 11.9. The first-order valence-corrected chi connectivity index (χ1v) is 7.84. The van der Waals surface area contributed by atoms with E-state index in [9.17, 15) is 4.79 Å². The molecule has 3 N–H and O–H groups in total. The molecule has 1 aliphatic rings. The fourth-order valence-corrected chi connectivity index (χ4v) is 3.40. The Morgan fingerprint density at radius 3 is 2.82 bits per heavy atom. The number of nitrogens with one attached hydrogen (secondary N) is 1. The largest absolute Gasteiger partial charge is 0.353 e. The lowest BCUT2D eigenvalue weighted by Crippen LogP contribution is -2.39. The minimum absolute atomic E-state index is 0.189. The molecule has 0 radical (unpaired) electrons. The summed E-state index contributed by atoms with van der Waals surface area (Å²) in [6.45, 7) is 4.97. The van der Waals surface area contributed by atoms with Crippen molar-refractivity contribution in [3.05, 3.63) is 0 Å². The predicted octanol–water partition coefficient (Wildman–Crippen LogP) is 2.01. The Labute approximate surface area is 109 Å². The minimum atomic E-state index is 0.189. The topological polar surface area (TPSA) is 55.1 Å². The van der Waals surface area contributed by atoms with Crippen LogP contribution < -0.4 is 11.1 Å². The van der Waals surface area contributed by atoms with Gasteiger partial charge >= 0.3 is 0 Å². The van der Waals surface area contributed by atoms with Crippen LogP contribution in [0.2, 0.25) is 0 Å². The minimum Gasteiger partial charge on any atom is -0.353 e. The molecule has 1 amide bonds. The highest BCUT2D eigenvalue weighted by Crippen LogP contribution is 2.18. The maximum atomic E-state index is 11.9. The lowest BCUT2D eigenvalue weighted by Gasteiger charge is -2.24. The summed E-state index contributed by atoms with van der Waals surface area (Å²) >= 11 is 1.94. The number of thioether (sulfide) groups is 1. The molecule has 100 valence electrons. The van der Waals surface area contributed by atoms with Crippen LogP contribution in [0.25, 0.3) is 0 Å². The summed E-state index contributed by atoms with van der Waals surface area (Å²) in [6, 6.07) is 0.388. The zero-order chi connectivity index (χ0) is 12.7. The van der Waals surface area contributed by atoms with Gasteiger partial charge in [-0.25, -0.2) is 0 Å². The number of carbonyl (C=O) groups excluding carboxylic acids is 1. The van der Waals surface area contributed by atoms with Crippen molar-refractivity contribution in [1.29, 1.82) is 0 Å². The van der Waals surface area contributed by atoms with Crippen molar-refractivity contribution in [2.24, 2.45) is 17.6 Å². The molecule has 0 aromatic rings. The maximum absolute atomic E-state index is 11.9.